The molecule has 0 aliphatic heterocycles. The molecule has 0 aliphatic rings. The summed E-state index contributed by atoms with van der Waals surface area (Å²) in [6, 6.07) is 3.59. The van der Waals surface area contributed by atoms with Crippen LogP contribution in [0.3, 0.4) is 0 Å². The van der Waals surface area contributed by atoms with E-state index in [4.69, 9.17) is 86.0 Å². The number of aromatic carboxylic acids is 2. The second kappa shape index (κ2) is 43.4. The lowest BCUT2D eigenvalue weighted by Gasteiger charge is -2.10. The zero-order chi connectivity index (χ0) is 42.5. The summed E-state index contributed by atoms with van der Waals surface area (Å²) in [6.45, 7) is 13.7. The molecule has 0 atom stereocenters. The van der Waals surface area contributed by atoms with Crippen molar-refractivity contribution in [3.05, 3.63) is 29.3 Å². The molecule has 1 aromatic rings. The zero-order valence-electron chi connectivity index (χ0n) is 34.7. The van der Waals surface area contributed by atoms with Gasteiger partial charge in [-0.05, 0) is 18.2 Å². The molecule has 0 saturated carbocycles. The van der Waals surface area contributed by atoms with E-state index in [1.165, 1.54) is 12.1 Å². The van der Waals surface area contributed by atoms with Crippen molar-refractivity contribution in [3.63, 3.8) is 0 Å². The van der Waals surface area contributed by atoms with E-state index in [2.05, 4.69) is 0 Å². The van der Waals surface area contributed by atoms with Gasteiger partial charge in [0, 0.05) is 7.11 Å². The quantitative estimate of drug-likeness (QED) is 0.0883. The maximum absolute atomic E-state index is 11.2. The molecular formula is C39H68O20. The minimum atomic E-state index is -1.24. The van der Waals surface area contributed by atoms with Crippen LogP contribution in [0.4, 0.5) is 0 Å². The number of carboxylic acid groups (broad SMARTS) is 2. The Balaban J connectivity index is 1.67. The first-order valence-electron chi connectivity index (χ1n) is 19.9. The smallest absolute Gasteiger partial charge is 0.335 e. The molecule has 0 radical (unpaired) electrons. The van der Waals surface area contributed by atoms with Gasteiger partial charge >= 0.3 is 11.9 Å². The summed E-state index contributed by atoms with van der Waals surface area (Å²) in [5.41, 5.74) is -0.336. The Kier molecular flexibility index (Phi) is 40.0. The molecule has 0 aromatic heterocycles. The average Bonchev–Trinajstić information content (AvgIpc) is 3.23. The van der Waals surface area contributed by atoms with Crippen LogP contribution in [0.5, 0.6) is 5.75 Å². The molecule has 1 rings (SSSR count). The molecule has 2 N–H and O–H groups in total. The minimum Gasteiger partial charge on any atom is -0.491 e. The Morgan fingerprint density at radius 2 is 0.508 bits per heavy atom. The van der Waals surface area contributed by atoms with Gasteiger partial charge in [-0.3, -0.25) is 0 Å². The molecule has 0 aliphatic carbocycles. The van der Waals surface area contributed by atoms with Crippen LogP contribution >= 0.6 is 0 Å². The van der Waals surface area contributed by atoms with Crippen LogP contribution in [0.1, 0.15) is 20.7 Å². The highest BCUT2D eigenvalue weighted by atomic mass is 16.6. The number of carbonyl (C=O) groups is 2. The van der Waals surface area contributed by atoms with E-state index in [-0.39, 0.29) is 30.1 Å². The van der Waals surface area contributed by atoms with Crippen molar-refractivity contribution in [3.8, 4) is 5.75 Å². The molecule has 1 aromatic carbocycles. The van der Waals surface area contributed by atoms with Gasteiger partial charge in [-0.15, -0.1) is 0 Å². The van der Waals surface area contributed by atoms with Crippen molar-refractivity contribution in [1.82, 2.24) is 0 Å². The van der Waals surface area contributed by atoms with Gasteiger partial charge in [0.2, 0.25) is 0 Å². The van der Waals surface area contributed by atoms with Crippen LogP contribution in [0, 0.1) is 0 Å². The predicted octanol–water partition coefficient (Wildman–Crippen LogP) is 1.34. The maximum atomic E-state index is 11.2. The molecule has 0 unspecified atom stereocenters. The molecule has 0 spiro atoms. The van der Waals surface area contributed by atoms with Crippen molar-refractivity contribution >= 4 is 11.9 Å². The van der Waals surface area contributed by atoms with E-state index in [0.29, 0.717) is 185 Å². The first kappa shape index (κ1) is 54.4. The topological polar surface area (TPSA) is 222 Å². The van der Waals surface area contributed by atoms with Crippen molar-refractivity contribution < 1.29 is 95.6 Å². The molecule has 0 bridgehead atoms. The van der Waals surface area contributed by atoms with E-state index in [0.717, 1.165) is 6.07 Å². The number of methoxy groups -OCH3 is 1. The standard InChI is InChI=1S/C39H68O20/c1-44-2-3-45-4-5-46-6-7-47-8-9-48-10-11-49-12-13-50-14-15-51-16-17-52-18-19-53-20-21-54-22-23-55-24-25-56-26-27-57-28-29-58-30-31-59-37-33-35(38(40)41)32-36(34-37)39(42)43/h32-34H,2-31H2,1H3,(H,40,41)(H,42,43). The monoisotopic (exact) mass is 856 g/mol. The Morgan fingerprint density at radius 3 is 0.695 bits per heavy atom. The Hall–Kier alpha value is -2.64. The molecular weight excluding hydrogens is 788 g/mol. The second-order valence-electron chi connectivity index (χ2n) is 11.8. The van der Waals surface area contributed by atoms with Crippen molar-refractivity contribution in [2.45, 2.75) is 0 Å². The molecule has 20 nitrogen and oxygen atoms in total. The van der Waals surface area contributed by atoms with Crippen molar-refractivity contribution in [1.29, 1.82) is 0 Å². The number of ether oxygens (including phenoxy) is 16. The van der Waals surface area contributed by atoms with E-state index < -0.39 is 11.9 Å². The summed E-state index contributed by atoms with van der Waals surface area (Å²) in [7, 11) is 1.64. The minimum absolute atomic E-state index is 0.123. The van der Waals surface area contributed by atoms with Crippen LogP contribution in [0.15, 0.2) is 18.2 Å². The van der Waals surface area contributed by atoms with Crippen molar-refractivity contribution in [2.75, 3.05) is 205 Å². The molecule has 0 heterocycles. The molecule has 20 heteroatoms. The van der Waals surface area contributed by atoms with Gasteiger partial charge in [0.25, 0.3) is 0 Å². The van der Waals surface area contributed by atoms with Crippen LogP contribution in [-0.4, -0.2) is 227 Å². The lowest BCUT2D eigenvalue weighted by atomic mass is 10.1. The maximum Gasteiger partial charge on any atom is 0.335 e. The first-order valence-corrected chi connectivity index (χ1v) is 19.9. The average molecular weight is 857 g/mol. The van der Waals surface area contributed by atoms with Crippen molar-refractivity contribution in [2.24, 2.45) is 0 Å². The Morgan fingerprint density at radius 1 is 0.322 bits per heavy atom. The zero-order valence-corrected chi connectivity index (χ0v) is 34.7. The first-order chi connectivity index (χ1) is 29.0. The number of hydrogen-bond donors (Lipinski definition) is 2. The fourth-order valence-electron chi connectivity index (χ4n) is 4.25. The third-order valence-electron chi connectivity index (χ3n) is 7.16. The summed E-state index contributed by atoms with van der Waals surface area (Å²) >= 11 is 0. The molecule has 344 valence electrons. The van der Waals surface area contributed by atoms with Gasteiger partial charge in [0.1, 0.15) is 12.4 Å². The van der Waals surface area contributed by atoms with Gasteiger partial charge < -0.3 is 86.0 Å². The number of rotatable bonds is 48. The largest absolute Gasteiger partial charge is 0.491 e. The fraction of sp³-hybridized carbons (Fsp3) is 0.795. The lowest BCUT2D eigenvalue weighted by molar-refractivity contribution is -0.0299. The second-order valence-corrected chi connectivity index (χ2v) is 11.8. The number of hydrogen-bond acceptors (Lipinski definition) is 18. The van der Waals surface area contributed by atoms with E-state index in [1.54, 1.807) is 7.11 Å². The fourth-order valence-corrected chi connectivity index (χ4v) is 4.25. The van der Waals surface area contributed by atoms with Crippen LogP contribution in [-0.2, 0) is 71.1 Å². The van der Waals surface area contributed by atoms with Gasteiger partial charge in [-0.25, -0.2) is 9.59 Å². The van der Waals surface area contributed by atoms with Gasteiger partial charge in [0.15, 0.2) is 0 Å². The molecule has 0 saturated heterocycles. The normalized spacial score (nSPS) is 11.4. The number of carboxylic acids is 2. The molecule has 59 heavy (non-hydrogen) atoms. The third-order valence-corrected chi connectivity index (χ3v) is 7.16. The van der Waals surface area contributed by atoms with Crippen LogP contribution < -0.4 is 4.74 Å². The van der Waals surface area contributed by atoms with Gasteiger partial charge in [-0.1, -0.05) is 0 Å². The predicted molar refractivity (Wildman–Crippen MR) is 209 cm³/mol. The van der Waals surface area contributed by atoms with E-state index in [9.17, 15) is 9.59 Å². The SMILES string of the molecule is COCCOCCOCCOCCOCCOCCOCCOCCOCCOCCOCCOCCOCCOCCOCCOc1cc(C(=O)O)cc(C(=O)O)c1. The van der Waals surface area contributed by atoms with Gasteiger partial charge in [0.05, 0.1) is 203 Å². The summed E-state index contributed by atoms with van der Waals surface area (Å²) in [5.74, 6) is -2.34. The summed E-state index contributed by atoms with van der Waals surface area (Å²) in [5, 5.41) is 18.2. The Bertz CT molecular complexity index is 1050. The third kappa shape index (κ3) is 38.1. The molecule has 0 fully saturated rings. The summed E-state index contributed by atoms with van der Waals surface area (Å²) in [6.07, 6.45) is 0. The Labute approximate surface area is 347 Å². The summed E-state index contributed by atoms with van der Waals surface area (Å²) < 4.78 is 86.6. The summed E-state index contributed by atoms with van der Waals surface area (Å²) in [4.78, 5) is 22.3. The highest BCUT2D eigenvalue weighted by Gasteiger charge is 2.12. The number of benzene rings is 1. The van der Waals surface area contributed by atoms with Crippen LogP contribution in [0.2, 0.25) is 0 Å². The van der Waals surface area contributed by atoms with Crippen LogP contribution in [0.25, 0.3) is 0 Å². The van der Waals surface area contributed by atoms with E-state index >= 15 is 0 Å². The highest BCUT2D eigenvalue weighted by Crippen LogP contribution is 2.18. The highest BCUT2D eigenvalue weighted by molar-refractivity contribution is 5.94. The van der Waals surface area contributed by atoms with Gasteiger partial charge in [-0.2, -0.15) is 0 Å². The van der Waals surface area contributed by atoms with E-state index in [1.807, 2.05) is 0 Å². The molecule has 0 amide bonds. The lowest BCUT2D eigenvalue weighted by Crippen LogP contribution is -2.16.